The third-order valence-electron chi connectivity index (χ3n) is 3.29. The fraction of sp³-hybridized carbons (Fsp3) is 0.235. The van der Waals surface area contributed by atoms with Gasteiger partial charge in [-0.2, -0.15) is 0 Å². The number of amides is 1. The van der Waals surface area contributed by atoms with E-state index in [4.69, 9.17) is 5.73 Å². The average Bonchev–Trinajstić information content (AvgIpc) is 2.54. The van der Waals surface area contributed by atoms with Crippen molar-refractivity contribution in [2.24, 2.45) is 5.73 Å². The molecule has 0 radical (unpaired) electrons. The molecule has 21 heavy (non-hydrogen) atoms. The Hall–Kier alpha value is -2.17. The van der Waals surface area contributed by atoms with Gasteiger partial charge in [0, 0.05) is 12.1 Å². The van der Waals surface area contributed by atoms with Gasteiger partial charge in [0.2, 0.25) is 0 Å². The molecular weight excluding hydrogens is 264 g/mol. The van der Waals surface area contributed by atoms with Crippen LogP contribution < -0.4 is 11.1 Å². The van der Waals surface area contributed by atoms with Crippen molar-refractivity contribution >= 4 is 5.91 Å². The van der Waals surface area contributed by atoms with Gasteiger partial charge in [0.05, 0.1) is 6.10 Å². The number of carbonyl (C=O) groups is 1. The van der Waals surface area contributed by atoms with Crippen molar-refractivity contribution < 1.29 is 9.90 Å². The van der Waals surface area contributed by atoms with E-state index in [0.29, 0.717) is 12.1 Å². The quantitative estimate of drug-likeness (QED) is 0.755. The predicted octanol–water partition coefficient (Wildman–Crippen LogP) is 1.65. The molecule has 1 atom stereocenters. The lowest BCUT2D eigenvalue weighted by atomic mass is 10.1. The van der Waals surface area contributed by atoms with Crippen molar-refractivity contribution in [3.63, 3.8) is 0 Å². The summed E-state index contributed by atoms with van der Waals surface area (Å²) in [6, 6.07) is 16.6. The van der Waals surface area contributed by atoms with Crippen LogP contribution in [0.1, 0.15) is 27.6 Å². The zero-order chi connectivity index (χ0) is 15.1. The molecule has 0 heterocycles. The van der Waals surface area contributed by atoms with E-state index >= 15 is 0 Å². The molecule has 0 aromatic heterocycles. The highest BCUT2D eigenvalue weighted by molar-refractivity contribution is 5.94. The normalized spacial score (nSPS) is 11.9. The van der Waals surface area contributed by atoms with Crippen molar-refractivity contribution in [3.05, 3.63) is 71.3 Å². The molecule has 4 N–H and O–H groups in total. The predicted molar refractivity (Wildman–Crippen MR) is 82.9 cm³/mol. The first kappa shape index (κ1) is 15.2. The number of benzene rings is 2. The van der Waals surface area contributed by atoms with Gasteiger partial charge in [-0.25, -0.2) is 0 Å². The molecule has 2 rings (SSSR count). The topological polar surface area (TPSA) is 75.4 Å². The van der Waals surface area contributed by atoms with Gasteiger partial charge in [0.1, 0.15) is 0 Å². The molecule has 0 fully saturated rings. The van der Waals surface area contributed by atoms with Crippen LogP contribution in [0.4, 0.5) is 0 Å². The molecule has 0 aliphatic carbocycles. The molecule has 0 saturated heterocycles. The van der Waals surface area contributed by atoms with Crippen molar-refractivity contribution in [2.45, 2.75) is 12.5 Å². The van der Waals surface area contributed by atoms with Crippen molar-refractivity contribution in [1.29, 1.82) is 0 Å². The summed E-state index contributed by atoms with van der Waals surface area (Å²) < 4.78 is 0. The molecule has 4 heteroatoms. The summed E-state index contributed by atoms with van der Waals surface area (Å²) >= 11 is 0. The Labute approximate surface area is 124 Å². The smallest absolute Gasteiger partial charge is 0.251 e. The Morgan fingerprint density at radius 1 is 1.10 bits per heavy atom. The fourth-order valence-corrected chi connectivity index (χ4v) is 2.07. The van der Waals surface area contributed by atoms with Crippen molar-refractivity contribution in [1.82, 2.24) is 5.32 Å². The SMILES string of the molecule is NCCc1ccc(C(=O)NCC(O)c2ccccc2)cc1. The van der Waals surface area contributed by atoms with Crippen LogP contribution in [0.25, 0.3) is 0 Å². The highest BCUT2D eigenvalue weighted by Crippen LogP contribution is 2.11. The molecule has 0 bridgehead atoms. The molecule has 0 aliphatic heterocycles. The van der Waals surface area contributed by atoms with Crippen LogP contribution >= 0.6 is 0 Å². The van der Waals surface area contributed by atoms with E-state index in [1.54, 1.807) is 12.1 Å². The lowest BCUT2D eigenvalue weighted by Crippen LogP contribution is -2.28. The molecule has 0 saturated carbocycles. The van der Waals surface area contributed by atoms with Gasteiger partial charge in [0.15, 0.2) is 0 Å². The summed E-state index contributed by atoms with van der Waals surface area (Å²) in [5.41, 5.74) is 7.96. The van der Waals surface area contributed by atoms with Crippen LogP contribution in [0.3, 0.4) is 0 Å². The summed E-state index contributed by atoms with van der Waals surface area (Å²) in [6.45, 7) is 0.780. The Morgan fingerprint density at radius 2 is 1.76 bits per heavy atom. The Kier molecular flexibility index (Phi) is 5.49. The maximum Gasteiger partial charge on any atom is 0.251 e. The van der Waals surface area contributed by atoms with Crippen LogP contribution in [-0.2, 0) is 6.42 Å². The van der Waals surface area contributed by atoms with E-state index in [-0.39, 0.29) is 12.5 Å². The summed E-state index contributed by atoms with van der Waals surface area (Å²) in [5.74, 6) is -0.190. The Morgan fingerprint density at radius 3 is 2.38 bits per heavy atom. The van der Waals surface area contributed by atoms with Gasteiger partial charge in [-0.15, -0.1) is 0 Å². The number of hydrogen-bond acceptors (Lipinski definition) is 3. The number of nitrogens with one attached hydrogen (secondary N) is 1. The van der Waals surface area contributed by atoms with Crippen LogP contribution in [0.15, 0.2) is 54.6 Å². The lowest BCUT2D eigenvalue weighted by molar-refractivity contribution is 0.0916. The molecule has 4 nitrogen and oxygen atoms in total. The zero-order valence-electron chi connectivity index (χ0n) is 11.8. The van der Waals surface area contributed by atoms with Crippen LogP contribution in [0.2, 0.25) is 0 Å². The van der Waals surface area contributed by atoms with Gasteiger partial charge >= 0.3 is 0 Å². The summed E-state index contributed by atoms with van der Waals surface area (Å²) in [4.78, 5) is 12.0. The third-order valence-corrected chi connectivity index (χ3v) is 3.29. The van der Waals surface area contributed by atoms with Crippen molar-refractivity contribution in [3.8, 4) is 0 Å². The van der Waals surface area contributed by atoms with Crippen molar-refractivity contribution in [2.75, 3.05) is 13.1 Å². The minimum absolute atomic E-state index is 0.188. The monoisotopic (exact) mass is 284 g/mol. The molecule has 0 spiro atoms. The molecule has 2 aromatic carbocycles. The standard InChI is InChI=1S/C17H20N2O2/c18-11-10-13-6-8-15(9-7-13)17(21)19-12-16(20)14-4-2-1-3-5-14/h1-9,16,20H,10-12,18H2,(H,19,21). The highest BCUT2D eigenvalue weighted by atomic mass is 16.3. The third kappa shape index (κ3) is 4.41. The fourth-order valence-electron chi connectivity index (χ4n) is 2.07. The van der Waals surface area contributed by atoms with E-state index in [0.717, 1.165) is 17.5 Å². The number of carbonyl (C=O) groups excluding carboxylic acids is 1. The first-order valence-corrected chi connectivity index (χ1v) is 7.01. The van der Waals surface area contributed by atoms with E-state index in [1.165, 1.54) is 0 Å². The largest absolute Gasteiger partial charge is 0.387 e. The molecule has 2 aromatic rings. The first-order valence-electron chi connectivity index (χ1n) is 7.01. The number of rotatable bonds is 6. The Balaban J connectivity index is 1.89. The van der Waals surface area contributed by atoms with Gasteiger partial charge in [-0.05, 0) is 36.2 Å². The van der Waals surface area contributed by atoms with Gasteiger partial charge in [-0.3, -0.25) is 4.79 Å². The number of aliphatic hydroxyl groups is 1. The van der Waals surface area contributed by atoms with Gasteiger partial charge in [0.25, 0.3) is 5.91 Å². The van der Waals surface area contributed by atoms with Gasteiger partial charge < -0.3 is 16.2 Å². The van der Waals surface area contributed by atoms with Crippen LogP contribution in [0, 0.1) is 0 Å². The first-order chi connectivity index (χ1) is 10.2. The van der Waals surface area contributed by atoms with E-state index < -0.39 is 6.10 Å². The van der Waals surface area contributed by atoms with Crippen LogP contribution in [0.5, 0.6) is 0 Å². The van der Waals surface area contributed by atoms with E-state index in [2.05, 4.69) is 5.32 Å². The maximum absolute atomic E-state index is 12.0. The van der Waals surface area contributed by atoms with Crippen LogP contribution in [-0.4, -0.2) is 24.1 Å². The molecule has 1 amide bonds. The lowest BCUT2D eigenvalue weighted by Gasteiger charge is -2.12. The number of hydrogen-bond donors (Lipinski definition) is 3. The van der Waals surface area contributed by atoms with Gasteiger partial charge in [-0.1, -0.05) is 42.5 Å². The minimum Gasteiger partial charge on any atom is -0.387 e. The zero-order valence-corrected chi connectivity index (χ0v) is 11.8. The second kappa shape index (κ2) is 7.57. The number of nitrogens with two attached hydrogens (primary N) is 1. The molecule has 1 unspecified atom stereocenters. The maximum atomic E-state index is 12.0. The molecule has 0 aliphatic rings. The highest BCUT2D eigenvalue weighted by Gasteiger charge is 2.10. The number of aliphatic hydroxyl groups excluding tert-OH is 1. The summed E-state index contributed by atoms with van der Waals surface area (Å²) in [5, 5.41) is 12.7. The second-order valence-corrected chi connectivity index (χ2v) is 4.87. The van der Waals surface area contributed by atoms with E-state index in [9.17, 15) is 9.90 Å². The summed E-state index contributed by atoms with van der Waals surface area (Å²) in [7, 11) is 0. The molecular formula is C17H20N2O2. The Bertz CT molecular complexity index is 567. The average molecular weight is 284 g/mol. The minimum atomic E-state index is -0.702. The second-order valence-electron chi connectivity index (χ2n) is 4.87. The van der Waals surface area contributed by atoms with E-state index in [1.807, 2.05) is 42.5 Å². The molecule has 110 valence electrons. The summed E-state index contributed by atoms with van der Waals surface area (Å²) in [6.07, 6.45) is 0.0981.